The van der Waals surface area contributed by atoms with Crippen LogP contribution in [0.2, 0.25) is 5.02 Å². The quantitative estimate of drug-likeness (QED) is 0.590. The number of nitrogens with zero attached hydrogens (tertiary/aromatic N) is 1. The lowest BCUT2D eigenvalue weighted by atomic mass is 10.1. The first-order valence-electron chi connectivity index (χ1n) is 7.64. The summed E-state index contributed by atoms with van der Waals surface area (Å²) in [7, 11) is 4.65. The number of methoxy groups -OCH3 is 3. The van der Waals surface area contributed by atoms with Crippen molar-refractivity contribution in [3.05, 3.63) is 58.2 Å². The summed E-state index contributed by atoms with van der Waals surface area (Å²) in [5.41, 5.74) is 1.33. The number of halogens is 1. The summed E-state index contributed by atoms with van der Waals surface area (Å²) >= 11 is 6.22. The summed E-state index contributed by atoms with van der Waals surface area (Å²) in [6.07, 6.45) is 1.59. The Bertz CT molecular complexity index is 920. The average molecular weight is 374 g/mol. The van der Waals surface area contributed by atoms with Gasteiger partial charge in [0, 0.05) is 11.6 Å². The molecule has 1 aliphatic rings. The second kappa shape index (κ2) is 7.49. The van der Waals surface area contributed by atoms with Crippen molar-refractivity contribution in [3.63, 3.8) is 0 Å². The fraction of sp³-hybridized carbons (Fsp3) is 0.158. The number of hydrogen-bond acceptors (Lipinski definition) is 6. The van der Waals surface area contributed by atoms with Crippen LogP contribution in [0.1, 0.15) is 11.1 Å². The molecule has 0 atom stereocenters. The van der Waals surface area contributed by atoms with Gasteiger partial charge in [-0.2, -0.15) is 0 Å². The summed E-state index contributed by atoms with van der Waals surface area (Å²) in [5, 5.41) is 0.374. The van der Waals surface area contributed by atoms with Crippen LogP contribution >= 0.6 is 11.6 Å². The molecule has 26 heavy (non-hydrogen) atoms. The van der Waals surface area contributed by atoms with E-state index in [1.807, 2.05) is 0 Å². The zero-order chi connectivity index (χ0) is 18.7. The Labute approximate surface area is 155 Å². The minimum atomic E-state index is -0.565. The summed E-state index contributed by atoms with van der Waals surface area (Å²) in [6, 6.07) is 10.3. The van der Waals surface area contributed by atoms with Crippen molar-refractivity contribution in [1.29, 1.82) is 0 Å². The molecule has 0 spiro atoms. The Balaban J connectivity index is 1.97. The molecule has 2 aromatic carbocycles. The van der Waals surface area contributed by atoms with E-state index in [2.05, 4.69) is 4.99 Å². The molecule has 2 aromatic rings. The zero-order valence-corrected chi connectivity index (χ0v) is 15.2. The van der Waals surface area contributed by atoms with Crippen molar-refractivity contribution in [1.82, 2.24) is 0 Å². The van der Waals surface area contributed by atoms with Crippen molar-refractivity contribution in [3.8, 4) is 17.2 Å². The van der Waals surface area contributed by atoms with Gasteiger partial charge < -0.3 is 18.9 Å². The lowest BCUT2D eigenvalue weighted by molar-refractivity contribution is -0.129. The zero-order valence-electron chi connectivity index (χ0n) is 14.4. The van der Waals surface area contributed by atoms with E-state index in [0.717, 1.165) is 0 Å². The average Bonchev–Trinajstić information content (AvgIpc) is 3.02. The Kier molecular flexibility index (Phi) is 5.14. The van der Waals surface area contributed by atoms with Crippen LogP contribution in [0.4, 0.5) is 0 Å². The highest BCUT2D eigenvalue weighted by Gasteiger charge is 2.26. The molecule has 0 saturated heterocycles. The molecule has 0 fully saturated rings. The van der Waals surface area contributed by atoms with Crippen molar-refractivity contribution in [2.45, 2.75) is 0 Å². The van der Waals surface area contributed by atoms with Crippen LogP contribution < -0.4 is 14.2 Å². The summed E-state index contributed by atoms with van der Waals surface area (Å²) in [4.78, 5) is 16.4. The highest BCUT2D eigenvalue weighted by atomic mass is 35.5. The first-order valence-corrected chi connectivity index (χ1v) is 8.02. The Hall–Kier alpha value is -2.99. The van der Waals surface area contributed by atoms with Crippen LogP contribution in [-0.2, 0) is 9.53 Å². The first-order chi connectivity index (χ1) is 12.5. The van der Waals surface area contributed by atoms with Crippen LogP contribution in [0.15, 0.2) is 47.1 Å². The molecular formula is C19H16ClNO5. The second-order valence-corrected chi connectivity index (χ2v) is 5.70. The third-order valence-corrected chi connectivity index (χ3v) is 4.07. The molecule has 0 aromatic heterocycles. The number of carbonyl (C=O) groups is 1. The third-order valence-electron chi connectivity index (χ3n) is 3.76. The van der Waals surface area contributed by atoms with E-state index in [-0.39, 0.29) is 11.6 Å². The van der Waals surface area contributed by atoms with Gasteiger partial charge in [-0.3, -0.25) is 0 Å². The van der Waals surface area contributed by atoms with E-state index in [0.29, 0.717) is 33.4 Å². The van der Waals surface area contributed by atoms with Crippen LogP contribution in [0, 0.1) is 0 Å². The van der Waals surface area contributed by atoms with Crippen molar-refractivity contribution >= 4 is 29.5 Å². The van der Waals surface area contributed by atoms with Crippen molar-refractivity contribution in [2.75, 3.05) is 21.3 Å². The molecule has 0 N–H and O–H groups in total. The molecule has 0 aliphatic carbocycles. The standard InChI is InChI=1S/C19H16ClNO5/c1-23-12-6-7-14(15(20)9-12)18-21-16(19(22)26-18)8-11-4-5-13(24-2)10-17(11)25-3/h4-10H,1-3H3/b16-8-. The number of esters is 1. The molecular weight excluding hydrogens is 358 g/mol. The summed E-state index contributed by atoms with van der Waals surface area (Å²) < 4.78 is 20.9. The van der Waals surface area contributed by atoms with E-state index in [4.69, 9.17) is 30.5 Å². The van der Waals surface area contributed by atoms with Gasteiger partial charge in [0.1, 0.15) is 17.2 Å². The van der Waals surface area contributed by atoms with E-state index >= 15 is 0 Å². The fourth-order valence-corrected chi connectivity index (χ4v) is 2.66. The van der Waals surface area contributed by atoms with Gasteiger partial charge in [0.2, 0.25) is 5.90 Å². The monoisotopic (exact) mass is 373 g/mol. The maximum Gasteiger partial charge on any atom is 0.363 e. The molecule has 3 rings (SSSR count). The van der Waals surface area contributed by atoms with Gasteiger partial charge >= 0.3 is 5.97 Å². The smallest absolute Gasteiger partial charge is 0.363 e. The van der Waals surface area contributed by atoms with Gasteiger partial charge in [-0.25, -0.2) is 9.79 Å². The number of ether oxygens (including phenoxy) is 4. The number of benzene rings is 2. The fourth-order valence-electron chi connectivity index (χ4n) is 2.41. The third kappa shape index (κ3) is 3.50. The molecule has 0 amide bonds. The minimum absolute atomic E-state index is 0.140. The minimum Gasteiger partial charge on any atom is -0.497 e. The SMILES string of the molecule is COc1ccc(C2=N/C(=C\c3ccc(OC)cc3OC)C(=O)O2)c(Cl)c1. The summed E-state index contributed by atoms with van der Waals surface area (Å²) in [5.74, 6) is 1.37. The van der Waals surface area contributed by atoms with Gasteiger partial charge in [0.15, 0.2) is 5.70 Å². The molecule has 134 valence electrons. The molecule has 1 heterocycles. The normalized spacial score (nSPS) is 14.8. The molecule has 0 unspecified atom stereocenters. The largest absolute Gasteiger partial charge is 0.497 e. The highest BCUT2D eigenvalue weighted by Crippen LogP contribution is 2.30. The molecule has 7 heteroatoms. The second-order valence-electron chi connectivity index (χ2n) is 5.29. The van der Waals surface area contributed by atoms with Crippen molar-refractivity contribution in [2.24, 2.45) is 4.99 Å². The van der Waals surface area contributed by atoms with Crippen LogP contribution in [0.3, 0.4) is 0 Å². The number of cyclic esters (lactones) is 1. The van der Waals surface area contributed by atoms with Gasteiger partial charge in [0.25, 0.3) is 0 Å². The van der Waals surface area contributed by atoms with E-state index < -0.39 is 5.97 Å². The first kappa shape index (κ1) is 17.8. The van der Waals surface area contributed by atoms with Crippen LogP contribution in [0.5, 0.6) is 17.2 Å². The maximum absolute atomic E-state index is 12.2. The lowest BCUT2D eigenvalue weighted by Gasteiger charge is -2.07. The number of aliphatic imine (C=N–C) groups is 1. The number of rotatable bonds is 5. The Morgan fingerprint density at radius 1 is 1.00 bits per heavy atom. The Morgan fingerprint density at radius 3 is 2.35 bits per heavy atom. The van der Waals surface area contributed by atoms with Gasteiger partial charge in [-0.15, -0.1) is 0 Å². The van der Waals surface area contributed by atoms with Gasteiger partial charge in [-0.1, -0.05) is 11.6 Å². The maximum atomic E-state index is 12.2. The predicted molar refractivity (Wildman–Crippen MR) is 98.2 cm³/mol. The molecule has 6 nitrogen and oxygen atoms in total. The van der Waals surface area contributed by atoms with E-state index in [1.165, 1.54) is 7.11 Å². The summed E-state index contributed by atoms with van der Waals surface area (Å²) in [6.45, 7) is 0. The highest BCUT2D eigenvalue weighted by molar-refractivity contribution is 6.34. The van der Waals surface area contributed by atoms with E-state index in [1.54, 1.807) is 56.7 Å². The topological polar surface area (TPSA) is 66.3 Å². The predicted octanol–water partition coefficient (Wildman–Crippen LogP) is 3.71. The number of hydrogen-bond donors (Lipinski definition) is 0. The van der Waals surface area contributed by atoms with Crippen LogP contribution in [-0.4, -0.2) is 33.2 Å². The van der Waals surface area contributed by atoms with E-state index in [9.17, 15) is 4.79 Å². The molecule has 0 bridgehead atoms. The Morgan fingerprint density at radius 2 is 1.69 bits per heavy atom. The molecule has 0 saturated carbocycles. The number of carbonyl (C=O) groups excluding carboxylic acids is 1. The van der Waals surface area contributed by atoms with Crippen LogP contribution in [0.25, 0.3) is 6.08 Å². The van der Waals surface area contributed by atoms with Gasteiger partial charge in [0.05, 0.1) is 31.9 Å². The molecule has 0 radical (unpaired) electrons. The lowest BCUT2D eigenvalue weighted by Crippen LogP contribution is -2.06. The van der Waals surface area contributed by atoms with Gasteiger partial charge in [-0.05, 0) is 36.4 Å². The molecule has 1 aliphatic heterocycles. The van der Waals surface area contributed by atoms with Crippen molar-refractivity contribution < 1.29 is 23.7 Å².